The highest BCUT2D eigenvalue weighted by molar-refractivity contribution is 6.32. The first-order valence-electron chi connectivity index (χ1n) is 5.42. The molecule has 0 atom stereocenters. The summed E-state index contributed by atoms with van der Waals surface area (Å²) in [6, 6.07) is 0. The number of hydrogen-bond donors (Lipinski definition) is 1. The molecule has 0 spiro atoms. The van der Waals surface area contributed by atoms with Crippen molar-refractivity contribution in [3.8, 4) is 0 Å². The average molecular weight is 225 g/mol. The first-order valence-corrected chi connectivity index (χ1v) is 5.42. The summed E-state index contributed by atoms with van der Waals surface area (Å²) in [4.78, 5) is 15.4. The second-order valence-electron chi connectivity index (χ2n) is 6.12. The van der Waals surface area contributed by atoms with Crippen molar-refractivity contribution in [1.29, 1.82) is 0 Å². The molecule has 0 radical (unpaired) electrons. The van der Waals surface area contributed by atoms with Crippen molar-refractivity contribution < 1.29 is 14.4 Å². The number of hydrogen-bond acceptors (Lipinski definition) is 2. The van der Waals surface area contributed by atoms with Crippen LogP contribution in [0.5, 0.6) is 0 Å². The highest BCUT2D eigenvalue weighted by Crippen LogP contribution is 2.39. The lowest BCUT2D eigenvalue weighted by Crippen LogP contribution is -2.69. The maximum Gasteiger partial charge on any atom is 0.412 e. The number of amidine groups is 1. The van der Waals surface area contributed by atoms with E-state index in [-0.39, 0.29) is 21.4 Å². The van der Waals surface area contributed by atoms with Crippen molar-refractivity contribution in [2.24, 2.45) is 4.99 Å². The van der Waals surface area contributed by atoms with Gasteiger partial charge in [0.2, 0.25) is 0 Å². The fourth-order valence-electron chi connectivity index (χ4n) is 2.66. The van der Waals surface area contributed by atoms with Gasteiger partial charge in [-0.05, 0) is 41.5 Å². The molecule has 90 valence electrons. The molecule has 0 aromatic heterocycles. The molecular weight excluding hydrogens is 204 g/mol. The van der Waals surface area contributed by atoms with Crippen molar-refractivity contribution in [2.75, 3.05) is 0 Å². The topological polar surface area (TPSA) is 49.7 Å². The van der Waals surface area contributed by atoms with Gasteiger partial charge in [-0.1, -0.05) is 0 Å². The van der Waals surface area contributed by atoms with Crippen molar-refractivity contribution in [3.63, 3.8) is 0 Å². The zero-order chi connectivity index (χ0) is 12.8. The van der Waals surface area contributed by atoms with E-state index in [1.54, 1.807) is 6.20 Å². The zero-order valence-corrected chi connectivity index (χ0v) is 10.9. The Morgan fingerprint density at radius 1 is 1.19 bits per heavy atom. The van der Waals surface area contributed by atoms with E-state index in [0.29, 0.717) is 0 Å². The number of quaternary nitrogens is 1. The lowest BCUT2D eigenvalue weighted by atomic mass is 9.90. The molecule has 1 heterocycles. The number of aliphatic imine (C=N–C) groups is 1. The number of carbonyl (C=O) groups is 1. The van der Waals surface area contributed by atoms with Gasteiger partial charge in [-0.3, -0.25) is 0 Å². The van der Waals surface area contributed by atoms with Crippen LogP contribution in [0.4, 0.5) is 0 Å². The molecule has 16 heavy (non-hydrogen) atoms. The number of carboxylic acids is 1. The Labute approximate surface area is 96.9 Å². The molecule has 0 aromatic carbocycles. The van der Waals surface area contributed by atoms with E-state index in [1.807, 2.05) is 47.7 Å². The molecule has 1 N–H and O–H groups in total. The fourth-order valence-corrected chi connectivity index (χ4v) is 2.66. The Hall–Kier alpha value is -1.16. The molecule has 1 aliphatic rings. The van der Waals surface area contributed by atoms with Crippen molar-refractivity contribution in [2.45, 2.75) is 52.6 Å². The van der Waals surface area contributed by atoms with Crippen LogP contribution in [-0.4, -0.2) is 32.5 Å². The molecule has 4 nitrogen and oxygen atoms in total. The van der Waals surface area contributed by atoms with Gasteiger partial charge in [-0.25, -0.2) is 9.28 Å². The quantitative estimate of drug-likeness (QED) is 0.696. The molecule has 0 saturated heterocycles. The van der Waals surface area contributed by atoms with E-state index in [9.17, 15) is 9.90 Å². The summed E-state index contributed by atoms with van der Waals surface area (Å²) in [5.74, 6) is -0.755. The van der Waals surface area contributed by atoms with Crippen LogP contribution in [0.2, 0.25) is 0 Å². The molecule has 0 fully saturated rings. The van der Waals surface area contributed by atoms with Crippen LogP contribution >= 0.6 is 0 Å². The van der Waals surface area contributed by atoms with Gasteiger partial charge in [0, 0.05) is 0 Å². The first-order chi connectivity index (χ1) is 7.04. The minimum absolute atomic E-state index is 0.194. The standard InChI is InChI=1S/C12H20N2O2/c1-11(2,3)14(12(4,5)6)8-7-13-9(14)10(15)16/h7-8H,1-6H3/p+1. The smallest absolute Gasteiger partial charge is 0.412 e. The second-order valence-corrected chi connectivity index (χ2v) is 6.12. The van der Waals surface area contributed by atoms with Gasteiger partial charge in [-0.2, -0.15) is 4.99 Å². The van der Waals surface area contributed by atoms with Gasteiger partial charge in [0.15, 0.2) is 0 Å². The Balaban J connectivity index is 3.45. The van der Waals surface area contributed by atoms with Gasteiger partial charge in [0.25, 0.3) is 0 Å². The second kappa shape index (κ2) is 3.42. The third kappa shape index (κ3) is 1.57. The van der Waals surface area contributed by atoms with Crippen LogP contribution in [-0.2, 0) is 4.79 Å². The fraction of sp³-hybridized carbons (Fsp3) is 0.667. The average Bonchev–Trinajstić information content (AvgIpc) is 2.44. The number of aliphatic carboxylic acids is 1. The third-order valence-electron chi connectivity index (χ3n) is 3.13. The first kappa shape index (κ1) is 12.9. The highest BCUT2D eigenvalue weighted by Gasteiger charge is 2.56. The molecule has 0 saturated carbocycles. The van der Waals surface area contributed by atoms with E-state index in [4.69, 9.17) is 0 Å². The maximum atomic E-state index is 11.3. The number of rotatable bonds is 1. The Morgan fingerprint density at radius 2 is 1.62 bits per heavy atom. The van der Waals surface area contributed by atoms with Crippen LogP contribution < -0.4 is 0 Å². The van der Waals surface area contributed by atoms with Crippen LogP contribution in [0.3, 0.4) is 0 Å². The van der Waals surface area contributed by atoms with Crippen LogP contribution in [0, 0.1) is 0 Å². The van der Waals surface area contributed by atoms with E-state index in [2.05, 4.69) is 4.99 Å². The molecule has 1 rings (SSSR count). The van der Waals surface area contributed by atoms with E-state index in [1.165, 1.54) is 0 Å². The third-order valence-corrected chi connectivity index (χ3v) is 3.13. The lowest BCUT2D eigenvalue weighted by Gasteiger charge is -2.50. The molecule has 0 aromatic rings. The van der Waals surface area contributed by atoms with Gasteiger partial charge in [0.05, 0.1) is 6.20 Å². The van der Waals surface area contributed by atoms with Gasteiger partial charge in [-0.15, -0.1) is 0 Å². The Morgan fingerprint density at radius 3 is 1.88 bits per heavy atom. The summed E-state index contributed by atoms with van der Waals surface area (Å²) in [7, 11) is 0. The van der Waals surface area contributed by atoms with Crippen LogP contribution in [0.15, 0.2) is 17.4 Å². The molecule has 1 aliphatic heterocycles. The minimum Gasteiger partial charge on any atom is -0.472 e. The summed E-state index contributed by atoms with van der Waals surface area (Å²) in [5, 5.41) is 9.29. The number of carboxylic acid groups (broad SMARTS) is 1. The predicted molar refractivity (Wildman–Crippen MR) is 64.0 cm³/mol. The van der Waals surface area contributed by atoms with Crippen molar-refractivity contribution in [1.82, 2.24) is 0 Å². The summed E-state index contributed by atoms with van der Waals surface area (Å²) in [5.41, 5.74) is -0.495. The summed E-state index contributed by atoms with van der Waals surface area (Å²) in [6.45, 7) is 12.2. The van der Waals surface area contributed by atoms with Gasteiger partial charge >= 0.3 is 11.8 Å². The van der Waals surface area contributed by atoms with E-state index < -0.39 is 5.97 Å². The van der Waals surface area contributed by atoms with Gasteiger partial charge in [0.1, 0.15) is 17.3 Å². The Kier molecular flexibility index (Phi) is 2.76. The SMILES string of the molecule is CC(C)(C)[N+]1(C(C)(C)C)C=CN=C1C(=O)O. The Bertz CT molecular complexity index is 353. The zero-order valence-electron chi connectivity index (χ0n) is 10.9. The van der Waals surface area contributed by atoms with E-state index in [0.717, 1.165) is 0 Å². The molecule has 0 bridgehead atoms. The molecule has 4 heteroatoms. The van der Waals surface area contributed by atoms with Gasteiger partial charge < -0.3 is 5.11 Å². The normalized spacial score (nSPS) is 19.8. The van der Waals surface area contributed by atoms with Crippen molar-refractivity contribution in [3.05, 3.63) is 12.4 Å². The van der Waals surface area contributed by atoms with Crippen molar-refractivity contribution >= 4 is 11.8 Å². The monoisotopic (exact) mass is 225 g/mol. The summed E-state index contributed by atoms with van der Waals surface area (Å²) < 4.78 is 0.259. The van der Waals surface area contributed by atoms with Crippen LogP contribution in [0.25, 0.3) is 0 Å². The predicted octanol–water partition coefficient (Wildman–Crippen LogP) is 2.37. The maximum absolute atomic E-state index is 11.3. The highest BCUT2D eigenvalue weighted by atomic mass is 16.4. The largest absolute Gasteiger partial charge is 0.472 e. The van der Waals surface area contributed by atoms with Crippen LogP contribution in [0.1, 0.15) is 41.5 Å². The summed E-state index contributed by atoms with van der Waals surface area (Å²) in [6.07, 6.45) is 3.48. The summed E-state index contributed by atoms with van der Waals surface area (Å²) >= 11 is 0. The molecule has 0 aliphatic carbocycles. The minimum atomic E-state index is -0.949. The molecule has 0 unspecified atom stereocenters. The molecular formula is C12H21N2O2+. The lowest BCUT2D eigenvalue weighted by molar-refractivity contribution is -0.883. The molecule has 0 amide bonds. The van der Waals surface area contributed by atoms with E-state index >= 15 is 0 Å². The number of nitrogens with zero attached hydrogens (tertiary/aromatic N) is 2.